The van der Waals surface area contributed by atoms with E-state index >= 15 is 0 Å². The lowest BCUT2D eigenvalue weighted by Gasteiger charge is -2.22. The predicted octanol–water partition coefficient (Wildman–Crippen LogP) is 0.961. The summed E-state index contributed by atoms with van der Waals surface area (Å²) in [7, 11) is 2.10. The van der Waals surface area contributed by atoms with Crippen LogP contribution in [0.1, 0.15) is 19.1 Å². The molecule has 0 radical (unpaired) electrons. The molecule has 7 heteroatoms. The molecule has 1 rings (SSSR count). The van der Waals surface area contributed by atoms with Gasteiger partial charge in [-0.25, -0.2) is 8.42 Å². The lowest BCUT2D eigenvalue weighted by atomic mass is 10.4. The average Bonchev–Trinajstić information content (AvgIpc) is 2.83. The molecule has 0 unspecified atom stereocenters. The number of likely N-dealkylation sites (N-methyl/N-ethyl adjacent to an activating group) is 1. The Morgan fingerprint density at radius 2 is 1.90 bits per heavy atom. The molecule has 0 aliphatic carbocycles. The van der Waals surface area contributed by atoms with Crippen LogP contribution in [0, 0.1) is 0 Å². The van der Waals surface area contributed by atoms with Crippen LogP contribution in [0.3, 0.4) is 0 Å². The number of hydrogen-bond donors (Lipinski definition) is 1. The van der Waals surface area contributed by atoms with E-state index in [1.165, 1.54) is 10.4 Å². The number of hydrogen-bond acceptors (Lipinski definition) is 5. The van der Waals surface area contributed by atoms with Crippen molar-refractivity contribution in [2.24, 2.45) is 0 Å². The molecule has 0 bridgehead atoms. The van der Waals surface area contributed by atoms with Crippen molar-refractivity contribution in [1.82, 2.24) is 14.5 Å². The van der Waals surface area contributed by atoms with Crippen LogP contribution in [0.2, 0.25) is 0 Å². The molecule has 0 aliphatic rings. The minimum Gasteiger partial charge on any atom is -0.447 e. The molecule has 0 saturated heterocycles. The van der Waals surface area contributed by atoms with Crippen molar-refractivity contribution in [1.29, 1.82) is 0 Å². The summed E-state index contributed by atoms with van der Waals surface area (Å²) in [5.74, 6) is 0.620. The third-order valence-corrected chi connectivity index (χ3v) is 4.62. The molecule has 0 atom stereocenters. The Hall–Kier alpha value is -0.890. The standard InChI is InChI=1S/C13H25N3O3S/c1-5-8-16(10-9-15(3)4)20(17,18)13-7-6-12(19-13)11-14-2/h6-7,14H,5,8-11H2,1-4H3. The van der Waals surface area contributed by atoms with Gasteiger partial charge in [-0.3, -0.25) is 0 Å². The van der Waals surface area contributed by atoms with Crippen LogP contribution in [-0.4, -0.2) is 58.4 Å². The van der Waals surface area contributed by atoms with E-state index in [-0.39, 0.29) is 5.09 Å². The summed E-state index contributed by atoms with van der Waals surface area (Å²) in [5, 5.41) is 2.96. The SMILES string of the molecule is CCCN(CCN(C)C)S(=O)(=O)c1ccc(CNC)o1. The third kappa shape index (κ3) is 4.59. The Kier molecular flexibility index (Phi) is 6.67. The van der Waals surface area contributed by atoms with Gasteiger partial charge in [0.05, 0.1) is 6.54 Å². The third-order valence-electron chi connectivity index (χ3n) is 2.85. The molecule has 1 N–H and O–H groups in total. The van der Waals surface area contributed by atoms with Crippen LogP contribution >= 0.6 is 0 Å². The van der Waals surface area contributed by atoms with Gasteiger partial charge in [-0.1, -0.05) is 6.92 Å². The van der Waals surface area contributed by atoms with Crippen LogP contribution in [0.25, 0.3) is 0 Å². The summed E-state index contributed by atoms with van der Waals surface area (Å²) in [4.78, 5) is 1.97. The molecule has 0 saturated carbocycles. The Bertz CT molecular complexity index is 497. The van der Waals surface area contributed by atoms with Crippen LogP contribution in [0.5, 0.6) is 0 Å². The molecule has 0 spiro atoms. The Balaban J connectivity index is 2.90. The second kappa shape index (κ2) is 7.78. The highest BCUT2D eigenvalue weighted by Gasteiger charge is 2.26. The molecule has 0 amide bonds. The highest BCUT2D eigenvalue weighted by Crippen LogP contribution is 2.19. The first-order chi connectivity index (χ1) is 9.41. The molecular weight excluding hydrogens is 278 g/mol. The van der Waals surface area contributed by atoms with Crippen molar-refractivity contribution in [3.8, 4) is 0 Å². The first-order valence-electron chi connectivity index (χ1n) is 6.80. The number of nitrogens with one attached hydrogen (secondary N) is 1. The van der Waals surface area contributed by atoms with Crippen molar-refractivity contribution in [2.45, 2.75) is 25.0 Å². The van der Waals surface area contributed by atoms with E-state index in [1.54, 1.807) is 13.1 Å². The Labute approximate surface area is 121 Å². The van der Waals surface area contributed by atoms with Crippen LogP contribution in [0.4, 0.5) is 0 Å². The number of nitrogens with zero attached hydrogens (tertiary/aromatic N) is 2. The van der Waals surface area contributed by atoms with E-state index in [0.717, 1.165) is 6.42 Å². The minimum atomic E-state index is -3.54. The fourth-order valence-corrected chi connectivity index (χ4v) is 3.26. The normalized spacial score (nSPS) is 12.5. The quantitative estimate of drug-likeness (QED) is 0.736. The van der Waals surface area contributed by atoms with Crippen molar-refractivity contribution in [3.05, 3.63) is 17.9 Å². The Morgan fingerprint density at radius 3 is 2.45 bits per heavy atom. The van der Waals surface area contributed by atoms with Gasteiger partial charge < -0.3 is 14.6 Å². The second-order valence-electron chi connectivity index (χ2n) is 4.96. The van der Waals surface area contributed by atoms with E-state index in [1.807, 2.05) is 25.9 Å². The summed E-state index contributed by atoms with van der Waals surface area (Å²) in [6, 6.07) is 3.22. The summed E-state index contributed by atoms with van der Waals surface area (Å²) >= 11 is 0. The first-order valence-corrected chi connectivity index (χ1v) is 8.24. The lowest BCUT2D eigenvalue weighted by Crippen LogP contribution is -2.37. The van der Waals surface area contributed by atoms with Crippen LogP contribution in [-0.2, 0) is 16.6 Å². The van der Waals surface area contributed by atoms with Crippen molar-refractivity contribution >= 4 is 10.0 Å². The smallest absolute Gasteiger partial charge is 0.276 e. The summed E-state index contributed by atoms with van der Waals surface area (Å²) < 4.78 is 32.0. The van der Waals surface area contributed by atoms with Gasteiger partial charge in [-0.15, -0.1) is 0 Å². The van der Waals surface area contributed by atoms with Gasteiger partial charge in [-0.2, -0.15) is 4.31 Å². The van der Waals surface area contributed by atoms with Crippen LogP contribution in [0.15, 0.2) is 21.6 Å². The van der Waals surface area contributed by atoms with E-state index in [4.69, 9.17) is 4.42 Å². The molecule has 1 aromatic heterocycles. The van der Waals surface area contributed by atoms with Gasteiger partial charge in [0.1, 0.15) is 5.76 Å². The fourth-order valence-electron chi connectivity index (χ4n) is 1.81. The van der Waals surface area contributed by atoms with Crippen molar-refractivity contribution < 1.29 is 12.8 Å². The van der Waals surface area contributed by atoms with Gasteiger partial charge in [0.2, 0.25) is 5.09 Å². The lowest BCUT2D eigenvalue weighted by molar-refractivity contribution is 0.321. The summed E-state index contributed by atoms with van der Waals surface area (Å²) in [5.41, 5.74) is 0. The molecule has 0 aromatic carbocycles. The zero-order valence-corrected chi connectivity index (χ0v) is 13.5. The van der Waals surface area contributed by atoms with Crippen molar-refractivity contribution in [2.75, 3.05) is 40.8 Å². The molecule has 20 heavy (non-hydrogen) atoms. The monoisotopic (exact) mass is 303 g/mol. The zero-order chi connectivity index (χ0) is 15.2. The van der Waals surface area contributed by atoms with Gasteiger partial charge in [0.25, 0.3) is 10.0 Å². The maximum atomic E-state index is 12.5. The maximum Gasteiger partial charge on any atom is 0.276 e. The maximum absolute atomic E-state index is 12.5. The molecule has 0 fully saturated rings. The molecule has 0 aliphatic heterocycles. The van der Waals surface area contributed by atoms with E-state index in [2.05, 4.69) is 5.32 Å². The molecular formula is C13H25N3O3S. The molecule has 116 valence electrons. The van der Waals surface area contributed by atoms with Crippen molar-refractivity contribution in [3.63, 3.8) is 0 Å². The topological polar surface area (TPSA) is 65.8 Å². The summed E-state index contributed by atoms with van der Waals surface area (Å²) in [6.45, 7) is 4.13. The number of sulfonamides is 1. The first kappa shape index (κ1) is 17.2. The number of furan rings is 1. The largest absolute Gasteiger partial charge is 0.447 e. The van der Waals surface area contributed by atoms with Gasteiger partial charge in [0, 0.05) is 19.6 Å². The molecule has 1 aromatic rings. The zero-order valence-electron chi connectivity index (χ0n) is 12.7. The van der Waals surface area contributed by atoms with E-state index in [0.29, 0.717) is 31.9 Å². The molecule has 6 nitrogen and oxygen atoms in total. The number of rotatable bonds is 9. The van der Waals surface area contributed by atoms with Crippen LogP contribution < -0.4 is 5.32 Å². The predicted molar refractivity (Wildman–Crippen MR) is 79.1 cm³/mol. The highest BCUT2D eigenvalue weighted by molar-refractivity contribution is 7.89. The van der Waals surface area contributed by atoms with Gasteiger partial charge in [-0.05, 0) is 39.7 Å². The van der Waals surface area contributed by atoms with Gasteiger partial charge in [0.15, 0.2) is 0 Å². The second-order valence-corrected chi connectivity index (χ2v) is 6.83. The minimum absolute atomic E-state index is 0.0231. The average molecular weight is 303 g/mol. The fraction of sp³-hybridized carbons (Fsp3) is 0.692. The molecule has 1 heterocycles. The van der Waals surface area contributed by atoms with E-state index in [9.17, 15) is 8.42 Å². The highest BCUT2D eigenvalue weighted by atomic mass is 32.2. The Morgan fingerprint density at radius 1 is 1.20 bits per heavy atom. The summed E-state index contributed by atoms with van der Waals surface area (Å²) in [6.07, 6.45) is 0.775. The van der Waals surface area contributed by atoms with E-state index < -0.39 is 10.0 Å². The van der Waals surface area contributed by atoms with Gasteiger partial charge >= 0.3 is 0 Å².